The summed E-state index contributed by atoms with van der Waals surface area (Å²) in [6.07, 6.45) is 1.83. The smallest absolute Gasteiger partial charge is 0.210 e. The van der Waals surface area contributed by atoms with Gasteiger partial charge in [0.15, 0.2) is 0 Å². The number of hydrogen-bond acceptors (Lipinski definition) is 6. The van der Waals surface area contributed by atoms with Crippen molar-refractivity contribution in [3.05, 3.63) is 82.8 Å². The summed E-state index contributed by atoms with van der Waals surface area (Å²) in [5, 5.41) is 13.4. The lowest BCUT2D eigenvalue weighted by Crippen LogP contribution is -1.88. The van der Waals surface area contributed by atoms with Gasteiger partial charge in [-0.2, -0.15) is 0 Å². The monoisotopic (exact) mass is 464 g/mol. The lowest BCUT2D eigenvalue weighted by atomic mass is 10.2. The molecule has 0 spiro atoms. The van der Waals surface area contributed by atoms with Gasteiger partial charge in [-0.15, -0.1) is 10.2 Å². The molecule has 0 aliphatic rings. The Hall–Kier alpha value is -3.03. The second kappa shape index (κ2) is 8.98. The Kier molecular flexibility index (Phi) is 5.97. The number of ether oxygens (including phenoxy) is 1. The van der Waals surface area contributed by atoms with Crippen molar-refractivity contribution in [3.63, 3.8) is 0 Å². The van der Waals surface area contributed by atoms with E-state index in [0.29, 0.717) is 0 Å². The molecular weight excluding hydrogens is 448 g/mol. The fourth-order valence-electron chi connectivity index (χ4n) is 2.58. The molecule has 1 heterocycles. The van der Waals surface area contributed by atoms with Gasteiger partial charge < -0.3 is 10.1 Å². The molecular formula is C22H17BrN4OS. The molecule has 144 valence electrons. The summed E-state index contributed by atoms with van der Waals surface area (Å²) < 4.78 is 6.20. The van der Waals surface area contributed by atoms with Gasteiger partial charge in [0, 0.05) is 21.9 Å². The first kappa shape index (κ1) is 19.3. The Bertz CT molecular complexity index is 1110. The maximum atomic E-state index is 5.17. The maximum Gasteiger partial charge on any atom is 0.210 e. The third kappa shape index (κ3) is 5.07. The molecule has 3 aromatic carbocycles. The van der Waals surface area contributed by atoms with E-state index >= 15 is 0 Å². The van der Waals surface area contributed by atoms with E-state index in [4.69, 9.17) is 4.74 Å². The summed E-state index contributed by atoms with van der Waals surface area (Å²) in [5.74, 6) is 0.831. The van der Waals surface area contributed by atoms with Crippen LogP contribution in [-0.2, 0) is 0 Å². The third-order valence-electron chi connectivity index (χ3n) is 4.11. The Balaban J connectivity index is 1.43. The van der Waals surface area contributed by atoms with Crippen molar-refractivity contribution in [2.24, 2.45) is 4.99 Å². The summed E-state index contributed by atoms with van der Waals surface area (Å²) in [7, 11) is 1.66. The Morgan fingerprint density at radius 2 is 1.66 bits per heavy atom. The Morgan fingerprint density at radius 1 is 0.931 bits per heavy atom. The van der Waals surface area contributed by atoms with E-state index in [1.54, 1.807) is 7.11 Å². The third-order valence-corrected chi connectivity index (χ3v) is 5.53. The predicted molar refractivity (Wildman–Crippen MR) is 123 cm³/mol. The first-order valence-electron chi connectivity index (χ1n) is 8.84. The van der Waals surface area contributed by atoms with Gasteiger partial charge in [-0.25, -0.2) is 0 Å². The van der Waals surface area contributed by atoms with E-state index in [-0.39, 0.29) is 0 Å². The number of hydrogen-bond donors (Lipinski definition) is 1. The second-order valence-electron chi connectivity index (χ2n) is 6.12. The minimum absolute atomic E-state index is 0.754. The van der Waals surface area contributed by atoms with Crippen LogP contribution in [0.1, 0.15) is 5.56 Å². The highest BCUT2D eigenvalue weighted by Crippen LogP contribution is 2.29. The molecule has 7 heteroatoms. The van der Waals surface area contributed by atoms with Crippen LogP contribution in [0.3, 0.4) is 0 Å². The minimum Gasteiger partial charge on any atom is -0.497 e. The van der Waals surface area contributed by atoms with E-state index in [0.717, 1.165) is 42.9 Å². The Morgan fingerprint density at radius 3 is 2.34 bits per heavy atom. The van der Waals surface area contributed by atoms with E-state index in [1.165, 1.54) is 11.3 Å². The van der Waals surface area contributed by atoms with Crippen molar-refractivity contribution < 1.29 is 4.74 Å². The number of nitrogens with one attached hydrogen (secondary N) is 1. The van der Waals surface area contributed by atoms with Gasteiger partial charge in [0.25, 0.3) is 0 Å². The zero-order chi connectivity index (χ0) is 20.1. The highest BCUT2D eigenvalue weighted by atomic mass is 79.9. The average molecular weight is 465 g/mol. The normalized spacial score (nSPS) is 11.0. The Labute approximate surface area is 181 Å². The number of rotatable bonds is 6. The molecule has 0 aliphatic heterocycles. The fraction of sp³-hybridized carbons (Fsp3) is 0.0455. The van der Waals surface area contributed by atoms with Gasteiger partial charge in [-0.1, -0.05) is 27.3 Å². The summed E-state index contributed by atoms with van der Waals surface area (Å²) in [6, 6.07) is 23.7. The van der Waals surface area contributed by atoms with Crippen LogP contribution < -0.4 is 10.1 Å². The highest BCUT2D eigenvalue weighted by Gasteiger charge is 2.07. The largest absolute Gasteiger partial charge is 0.497 e. The minimum atomic E-state index is 0.754. The first-order chi connectivity index (χ1) is 14.2. The summed E-state index contributed by atoms with van der Waals surface area (Å²) in [5.41, 5.74) is 3.87. The molecule has 1 N–H and O–H groups in total. The molecule has 0 radical (unpaired) electrons. The zero-order valence-electron chi connectivity index (χ0n) is 15.5. The zero-order valence-corrected chi connectivity index (χ0v) is 17.9. The second-order valence-corrected chi connectivity index (χ2v) is 8.02. The van der Waals surface area contributed by atoms with Crippen molar-refractivity contribution in [3.8, 4) is 16.3 Å². The van der Waals surface area contributed by atoms with Crippen molar-refractivity contribution in [2.75, 3.05) is 12.4 Å². The van der Waals surface area contributed by atoms with Gasteiger partial charge in [0.2, 0.25) is 5.13 Å². The molecule has 0 amide bonds. The van der Waals surface area contributed by atoms with Crippen LogP contribution in [0.2, 0.25) is 0 Å². The average Bonchev–Trinajstić information content (AvgIpc) is 3.23. The van der Waals surface area contributed by atoms with E-state index in [2.05, 4.69) is 36.4 Å². The maximum absolute atomic E-state index is 5.17. The molecule has 29 heavy (non-hydrogen) atoms. The standard InChI is InChI=1S/C22H17BrN4OS/c1-28-20-12-2-15(3-13-20)14-24-18-8-4-16(5-9-18)21-26-27-22(29-21)25-19-10-6-17(23)7-11-19/h2-14H,1H3,(H,25,27). The van der Waals surface area contributed by atoms with Crippen molar-refractivity contribution >= 4 is 50.0 Å². The molecule has 0 aliphatic carbocycles. The van der Waals surface area contributed by atoms with Crippen molar-refractivity contribution in [1.29, 1.82) is 0 Å². The molecule has 0 bridgehead atoms. The summed E-state index contributed by atoms with van der Waals surface area (Å²) in [4.78, 5) is 4.52. The number of aliphatic imine (C=N–C) groups is 1. The number of aromatic nitrogens is 2. The number of halogens is 1. The quantitative estimate of drug-likeness (QED) is 0.332. The summed E-state index contributed by atoms with van der Waals surface area (Å²) in [6.45, 7) is 0. The topological polar surface area (TPSA) is 59.4 Å². The van der Waals surface area contributed by atoms with Crippen molar-refractivity contribution in [2.45, 2.75) is 0 Å². The first-order valence-corrected chi connectivity index (χ1v) is 10.5. The van der Waals surface area contributed by atoms with Crippen LogP contribution in [0, 0.1) is 0 Å². The lowest BCUT2D eigenvalue weighted by Gasteiger charge is -2.01. The fourth-order valence-corrected chi connectivity index (χ4v) is 3.61. The molecule has 0 atom stereocenters. The van der Waals surface area contributed by atoms with Crippen LogP contribution in [0.25, 0.3) is 10.6 Å². The number of anilines is 2. The van der Waals surface area contributed by atoms with Gasteiger partial charge in [-0.05, 0) is 78.4 Å². The molecule has 0 unspecified atom stereocenters. The molecule has 1 aromatic heterocycles. The van der Waals surface area contributed by atoms with Crippen LogP contribution in [-0.4, -0.2) is 23.5 Å². The van der Waals surface area contributed by atoms with Gasteiger partial charge in [0.1, 0.15) is 10.8 Å². The molecule has 0 saturated carbocycles. The number of benzene rings is 3. The predicted octanol–water partition coefficient (Wildman–Crippen LogP) is 6.47. The van der Waals surface area contributed by atoms with Gasteiger partial charge >= 0.3 is 0 Å². The molecule has 4 rings (SSSR count). The van der Waals surface area contributed by atoms with Gasteiger partial charge in [-0.3, -0.25) is 4.99 Å². The van der Waals surface area contributed by atoms with Crippen LogP contribution in [0.4, 0.5) is 16.5 Å². The highest BCUT2D eigenvalue weighted by molar-refractivity contribution is 9.10. The van der Waals surface area contributed by atoms with Crippen LogP contribution in [0.5, 0.6) is 5.75 Å². The van der Waals surface area contributed by atoms with E-state index in [9.17, 15) is 0 Å². The molecule has 0 saturated heterocycles. The lowest BCUT2D eigenvalue weighted by molar-refractivity contribution is 0.415. The summed E-state index contributed by atoms with van der Waals surface area (Å²) >= 11 is 4.94. The number of methoxy groups -OCH3 is 1. The van der Waals surface area contributed by atoms with Crippen molar-refractivity contribution in [1.82, 2.24) is 10.2 Å². The molecule has 5 nitrogen and oxygen atoms in total. The SMILES string of the molecule is COc1ccc(C=Nc2ccc(-c3nnc(Nc4ccc(Br)cc4)s3)cc2)cc1. The van der Waals surface area contributed by atoms with Gasteiger partial charge in [0.05, 0.1) is 12.8 Å². The van der Waals surface area contributed by atoms with Crippen LogP contribution in [0.15, 0.2) is 82.3 Å². The molecule has 4 aromatic rings. The van der Waals surface area contributed by atoms with E-state index < -0.39 is 0 Å². The van der Waals surface area contributed by atoms with E-state index in [1.807, 2.05) is 79.0 Å². The molecule has 0 fully saturated rings. The van der Waals surface area contributed by atoms with Crippen LogP contribution >= 0.6 is 27.3 Å². The number of nitrogens with zero attached hydrogens (tertiary/aromatic N) is 3.